The number of benzene rings is 1. The molecule has 0 spiro atoms. The first-order valence-corrected chi connectivity index (χ1v) is 7.74. The number of urea groups is 1. The molecule has 0 radical (unpaired) electrons. The molecule has 0 fully saturated rings. The van der Waals surface area contributed by atoms with Gasteiger partial charge in [0.2, 0.25) is 10.0 Å². The third-order valence-corrected chi connectivity index (χ3v) is 4.27. The fraction of sp³-hybridized carbons (Fsp3) is 0.364. The van der Waals surface area contributed by atoms with Crippen molar-refractivity contribution >= 4 is 39.0 Å². The van der Waals surface area contributed by atoms with E-state index in [1.807, 2.05) is 0 Å². The van der Waals surface area contributed by atoms with Gasteiger partial charge >= 0.3 is 6.03 Å². The molecular formula is C11H16ClN3O3S. The minimum absolute atomic E-state index is 0.0439. The Morgan fingerprint density at radius 3 is 2.32 bits per heavy atom. The van der Waals surface area contributed by atoms with Crippen molar-refractivity contribution in [3.8, 4) is 0 Å². The van der Waals surface area contributed by atoms with Crippen LogP contribution in [0.1, 0.15) is 6.92 Å². The number of carbonyl (C=O) groups is 1. The number of hydrogen-bond acceptors (Lipinski definition) is 3. The van der Waals surface area contributed by atoms with E-state index in [0.29, 0.717) is 11.4 Å². The Hall–Kier alpha value is -1.47. The van der Waals surface area contributed by atoms with Crippen molar-refractivity contribution in [3.63, 3.8) is 0 Å². The molecule has 0 aliphatic rings. The molecule has 0 aliphatic heterocycles. The lowest BCUT2D eigenvalue weighted by Gasteiger charge is -2.11. The Morgan fingerprint density at radius 1 is 1.32 bits per heavy atom. The molecule has 0 bridgehead atoms. The van der Waals surface area contributed by atoms with Crippen LogP contribution in [0, 0.1) is 5.92 Å². The van der Waals surface area contributed by atoms with Crippen LogP contribution in [0.25, 0.3) is 0 Å². The van der Waals surface area contributed by atoms with Crippen LogP contribution in [-0.2, 0) is 10.0 Å². The molecule has 1 rings (SSSR count). The molecule has 0 aliphatic carbocycles. The van der Waals surface area contributed by atoms with Crippen LogP contribution < -0.4 is 15.8 Å². The number of rotatable bonds is 6. The van der Waals surface area contributed by atoms with Crippen LogP contribution in [0.2, 0.25) is 0 Å². The van der Waals surface area contributed by atoms with Crippen molar-refractivity contribution in [1.82, 2.24) is 0 Å². The summed E-state index contributed by atoms with van der Waals surface area (Å²) in [6.07, 6.45) is 0. The molecule has 19 heavy (non-hydrogen) atoms. The molecule has 106 valence electrons. The Morgan fingerprint density at radius 2 is 1.84 bits per heavy atom. The quantitative estimate of drug-likeness (QED) is 0.698. The second-order valence-corrected chi connectivity index (χ2v) is 6.29. The number of carbonyl (C=O) groups excluding carboxylic acids is 1. The standard InChI is InChI=1S/C11H16ClN3O3S/c1-8(6-12)7-19(17,18)15-10-4-2-9(3-5-10)14-11(13)16/h2-5,8,15H,6-7H2,1H3,(H3,13,14,16). The minimum Gasteiger partial charge on any atom is -0.351 e. The average molecular weight is 306 g/mol. The Bertz CT molecular complexity index is 531. The van der Waals surface area contributed by atoms with E-state index in [0.717, 1.165) is 0 Å². The highest BCUT2D eigenvalue weighted by Gasteiger charge is 2.15. The number of amides is 2. The maximum Gasteiger partial charge on any atom is 0.316 e. The predicted molar refractivity (Wildman–Crippen MR) is 76.9 cm³/mol. The van der Waals surface area contributed by atoms with Gasteiger partial charge in [-0.2, -0.15) is 0 Å². The topological polar surface area (TPSA) is 101 Å². The maximum absolute atomic E-state index is 11.8. The van der Waals surface area contributed by atoms with E-state index in [2.05, 4.69) is 10.0 Å². The highest BCUT2D eigenvalue weighted by Crippen LogP contribution is 2.15. The van der Waals surface area contributed by atoms with Gasteiger partial charge in [0.15, 0.2) is 0 Å². The molecule has 8 heteroatoms. The molecule has 1 aromatic rings. The van der Waals surface area contributed by atoms with Gasteiger partial charge in [0.1, 0.15) is 0 Å². The fourth-order valence-electron chi connectivity index (χ4n) is 1.40. The van der Waals surface area contributed by atoms with Gasteiger partial charge in [-0.05, 0) is 30.2 Å². The van der Waals surface area contributed by atoms with Gasteiger partial charge in [-0.15, -0.1) is 11.6 Å². The van der Waals surface area contributed by atoms with Gasteiger partial charge in [-0.1, -0.05) is 6.92 Å². The zero-order chi connectivity index (χ0) is 14.5. The first kappa shape index (κ1) is 15.6. The first-order valence-electron chi connectivity index (χ1n) is 5.55. The first-order chi connectivity index (χ1) is 8.82. The Labute approximate surface area is 117 Å². The van der Waals surface area contributed by atoms with E-state index >= 15 is 0 Å². The van der Waals surface area contributed by atoms with Gasteiger partial charge in [0.05, 0.1) is 5.75 Å². The zero-order valence-corrected chi connectivity index (χ0v) is 12.0. The lowest BCUT2D eigenvalue weighted by atomic mass is 10.3. The number of nitrogens with one attached hydrogen (secondary N) is 2. The summed E-state index contributed by atoms with van der Waals surface area (Å²) in [5, 5.41) is 2.38. The van der Waals surface area contributed by atoms with E-state index in [-0.39, 0.29) is 17.6 Å². The Balaban J connectivity index is 2.69. The van der Waals surface area contributed by atoms with Crippen LogP contribution in [0.15, 0.2) is 24.3 Å². The van der Waals surface area contributed by atoms with Crippen molar-refractivity contribution in [2.75, 3.05) is 21.7 Å². The number of anilines is 2. The summed E-state index contributed by atoms with van der Waals surface area (Å²) in [5.41, 5.74) is 5.86. The van der Waals surface area contributed by atoms with Crippen molar-refractivity contribution in [2.45, 2.75) is 6.92 Å². The molecule has 0 saturated heterocycles. The van der Waals surface area contributed by atoms with E-state index < -0.39 is 16.1 Å². The summed E-state index contributed by atoms with van der Waals surface area (Å²) in [7, 11) is -3.43. The summed E-state index contributed by atoms with van der Waals surface area (Å²) in [6.45, 7) is 1.76. The third kappa shape index (κ3) is 5.80. The summed E-state index contributed by atoms with van der Waals surface area (Å²) in [6, 6.07) is 5.49. The van der Waals surface area contributed by atoms with Crippen LogP contribution >= 0.6 is 11.6 Å². The number of hydrogen-bond donors (Lipinski definition) is 3. The molecule has 2 amide bonds. The summed E-state index contributed by atoms with van der Waals surface area (Å²) < 4.78 is 26.0. The van der Waals surface area contributed by atoms with E-state index in [4.69, 9.17) is 17.3 Å². The summed E-state index contributed by atoms with van der Waals surface area (Å²) in [5.74, 6) is 0.107. The van der Waals surface area contributed by atoms with Gasteiger partial charge < -0.3 is 11.1 Å². The molecule has 0 aromatic heterocycles. The van der Waals surface area contributed by atoms with Gasteiger partial charge in [0, 0.05) is 17.3 Å². The summed E-state index contributed by atoms with van der Waals surface area (Å²) in [4.78, 5) is 10.6. The number of primary amides is 1. The van der Waals surface area contributed by atoms with Crippen LogP contribution in [0.4, 0.5) is 16.2 Å². The van der Waals surface area contributed by atoms with E-state index in [1.54, 1.807) is 19.1 Å². The normalized spacial score (nSPS) is 12.7. The molecule has 0 saturated carbocycles. The maximum atomic E-state index is 11.8. The van der Waals surface area contributed by atoms with Crippen LogP contribution in [-0.4, -0.2) is 26.1 Å². The molecule has 1 unspecified atom stereocenters. The molecule has 1 aromatic carbocycles. The number of alkyl halides is 1. The molecular weight excluding hydrogens is 290 g/mol. The second-order valence-electron chi connectivity index (χ2n) is 4.21. The lowest BCUT2D eigenvalue weighted by molar-refractivity contribution is 0.259. The van der Waals surface area contributed by atoms with Crippen molar-refractivity contribution < 1.29 is 13.2 Å². The Kier molecular flexibility index (Phi) is 5.44. The van der Waals surface area contributed by atoms with Crippen LogP contribution in [0.5, 0.6) is 0 Å². The largest absolute Gasteiger partial charge is 0.351 e. The van der Waals surface area contributed by atoms with E-state index in [9.17, 15) is 13.2 Å². The second kappa shape index (κ2) is 6.63. The third-order valence-electron chi connectivity index (χ3n) is 2.19. The highest BCUT2D eigenvalue weighted by atomic mass is 35.5. The van der Waals surface area contributed by atoms with E-state index in [1.165, 1.54) is 12.1 Å². The number of sulfonamides is 1. The smallest absolute Gasteiger partial charge is 0.316 e. The lowest BCUT2D eigenvalue weighted by Crippen LogP contribution is -2.22. The van der Waals surface area contributed by atoms with Crippen molar-refractivity contribution in [1.29, 1.82) is 0 Å². The monoisotopic (exact) mass is 305 g/mol. The predicted octanol–water partition coefficient (Wildman–Crippen LogP) is 1.79. The zero-order valence-electron chi connectivity index (χ0n) is 10.4. The molecule has 1 atom stereocenters. The van der Waals surface area contributed by atoms with Gasteiger partial charge in [-0.25, -0.2) is 13.2 Å². The number of nitrogens with two attached hydrogens (primary N) is 1. The van der Waals surface area contributed by atoms with Crippen molar-refractivity contribution in [3.05, 3.63) is 24.3 Å². The number of halogens is 1. The summed E-state index contributed by atoms with van der Waals surface area (Å²) >= 11 is 5.59. The van der Waals surface area contributed by atoms with Crippen LogP contribution in [0.3, 0.4) is 0 Å². The molecule has 6 nitrogen and oxygen atoms in total. The minimum atomic E-state index is -3.43. The molecule has 4 N–H and O–H groups in total. The van der Waals surface area contributed by atoms with Gasteiger partial charge in [0.25, 0.3) is 0 Å². The molecule has 0 heterocycles. The van der Waals surface area contributed by atoms with Crippen molar-refractivity contribution in [2.24, 2.45) is 11.7 Å². The highest BCUT2D eigenvalue weighted by molar-refractivity contribution is 7.92. The SMILES string of the molecule is CC(CCl)CS(=O)(=O)Nc1ccc(NC(N)=O)cc1. The van der Waals surface area contributed by atoms with Gasteiger partial charge in [-0.3, -0.25) is 4.72 Å². The average Bonchev–Trinajstić information content (AvgIpc) is 2.30. The fourth-order valence-corrected chi connectivity index (χ4v) is 3.09.